The molecule has 2 aromatic heterocycles. The van der Waals surface area contributed by atoms with Gasteiger partial charge in [-0.3, -0.25) is 9.59 Å². The number of hydrogen-bond donors (Lipinski definition) is 1. The molecule has 0 bridgehead atoms. The molecule has 0 fully saturated rings. The smallest absolute Gasteiger partial charge is 0.267 e. The average Bonchev–Trinajstić information content (AvgIpc) is 2.94. The summed E-state index contributed by atoms with van der Waals surface area (Å²) < 4.78 is 1.40. The molecule has 0 unspecified atom stereocenters. The Labute approximate surface area is 221 Å². The molecular weight excluding hydrogens is 478 g/mol. The van der Waals surface area contributed by atoms with Crippen molar-refractivity contribution >= 4 is 5.91 Å². The molecule has 9 nitrogen and oxygen atoms in total. The first-order valence-corrected chi connectivity index (χ1v) is 12.4. The van der Waals surface area contributed by atoms with Gasteiger partial charge in [0.15, 0.2) is 5.82 Å². The standard InChI is InChI=1S/C29H29N7O2/c1-35(2)15-4-3-14-31-29(38)25-18-32-28(33-19-25)24-7-5-6-22(16-24)20-36-27(37)13-12-26(34-36)23-10-8-21(17-30)9-11-23/h5-13,16,18-19H,3-4,14-15,20H2,1-2H3,(H,31,38). The van der Waals surface area contributed by atoms with Crippen molar-refractivity contribution in [2.75, 3.05) is 27.2 Å². The maximum absolute atomic E-state index is 12.5. The van der Waals surface area contributed by atoms with Gasteiger partial charge in [-0.1, -0.05) is 30.3 Å². The number of nitriles is 1. The monoisotopic (exact) mass is 507 g/mol. The number of unbranched alkanes of at least 4 members (excludes halogenated alkanes) is 1. The summed E-state index contributed by atoms with van der Waals surface area (Å²) in [4.78, 5) is 35.8. The molecular formula is C29H29N7O2. The van der Waals surface area contributed by atoms with Crippen LogP contribution >= 0.6 is 0 Å². The van der Waals surface area contributed by atoms with Crippen LogP contribution in [0.4, 0.5) is 0 Å². The number of rotatable bonds is 10. The average molecular weight is 508 g/mol. The van der Waals surface area contributed by atoms with Crippen LogP contribution in [0.15, 0.2) is 77.9 Å². The van der Waals surface area contributed by atoms with Crippen LogP contribution in [0.25, 0.3) is 22.6 Å². The zero-order valence-electron chi connectivity index (χ0n) is 21.5. The van der Waals surface area contributed by atoms with Crippen LogP contribution in [-0.2, 0) is 6.54 Å². The van der Waals surface area contributed by atoms with Gasteiger partial charge < -0.3 is 10.2 Å². The highest BCUT2D eigenvalue weighted by atomic mass is 16.1. The lowest BCUT2D eigenvalue weighted by Gasteiger charge is -2.10. The van der Waals surface area contributed by atoms with Crippen molar-refractivity contribution in [3.05, 3.63) is 100 Å². The van der Waals surface area contributed by atoms with Gasteiger partial charge in [0.25, 0.3) is 11.5 Å². The molecule has 2 aromatic carbocycles. The number of hydrogen-bond acceptors (Lipinski definition) is 7. The van der Waals surface area contributed by atoms with Crippen LogP contribution in [0, 0.1) is 11.3 Å². The number of carbonyl (C=O) groups excluding carboxylic acids is 1. The molecule has 9 heteroatoms. The predicted molar refractivity (Wildman–Crippen MR) is 145 cm³/mol. The highest BCUT2D eigenvalue weighted by Crippen LogP contribution is 2.18. The summed E-state index contributed by atoms with van der Waals surface area (Å²) in [6, 6.07) is 19.9. The van der Waals surface area contributed by atoms with Crippen LogP contribution in [0.2, 0.25) is 0 Å². The van der Waals surface area contributed by atoms with E-state index >= 15 is 0 Å². The van der Waals surface area contributed by atoms with Crippen LogP contribution < -0.4 is 10.9 Å². The Kier molecular flexibility index (Phi) is 8.69. The largest absolute Gasteiger partial charge is 0.352 e. The lowest BCUT2D eigenvalue weighted by Crippen LogP contribution is -2.25. The Morgan fingerprint density at radius 1 is 1.00 bits per heavy atom. The Hall–Kier alpha value is -4.68. The molecule has 0 radical (unpaired) electrons. The molecule has 0 aliphatic heterocycles. The van der Waals surface area contributed by atoms with Gasteiger partial charge in [-0.15, -0.1) is 0 Å². The van der Waals surface area contributed by atoms with E-state index in [-0.39, 0.29) is 18.0 Å². The first kappa shape index (κ1) is 26.4. The van der Waals surface area contributed by atoms with Gasteiger partial charge in [-0.05, 0) is 63.3 Å². The van der Waals surface area contributed by atoms with Gasteiger partial charge in [-0.25, -0.2) is 14.6 Å². The highest BCUT2D eigenvalue weighted by Gasteiger charge is 2.10. The Morgan fingerprint density at radius 2 is 1.76 bits per heavy atom. The van der Waals surface area contributed by atoms with Crippen LogP contribution in [0.1, 0.15) is 34.3 Å². The third kappa shape index (κ3) is 6.96. The van der Waals surface area contributed by atoms with E-state index in [4.69, 9.17) is 5.26 Å². The minimum atomic E-state index is -0.221. The summed E-state index contributed by atoms with van der Waals surface area (Å²) in [6.07, 6.45) is 4.97. The molecule has 0 aliphatic rings. The Balaban J connectivity index is 1.43. The summed E-state index contributed by atoms with van der Waals surface area (Å²) in [7, 11) is 4.06. The van der Waals surface area contributed by atoms with E-state index in [1.54, 1.807) is 18.2 Å². The van der Waals surface area contributed by atoms with E-state index in [2.05, 4.69) is 31.4 Å². The lowest BCUT2D eigenvalue weighted by atomic mass is 10.1. The van der Waals surface area contributed by atoms with Crippen molar-refractivity contribution in [3.63, 3.8) is 0 Å². The zero-order chi connectivity index (χ0) is 26.9. The van der Waals surface area contributed by atoms with Crippen molar-refractivity contribution in [1.82, 2.24) is 30.0 Å². The predicted octanol–water partition coefficient (Wildman–Crippen LogP) is 3.36. The second-order valence-corrected chi connectivity index (χ2v) is 9.17. The molecule has 4 rings (SSSR count). The SMILES string of the molecule is CN(C)CCCCNC(=O)c1cnc(-c2cccc(Cn3nc(-c4ccc(C#N)cc4)ccc3=O)c2)nc1. The third-order valence-corrected chi connectivity index (χ3v) is 5.93. The molecule has 4 aromatic rings. The second-order valence-electron chi connectivity index (χ2n) is 9.17. The second kappa shape index (κ2) is 12.5. The third-order valence-electron chi connectivity index (χ3n) is 5.93. The normalized spacial score (nSPS) is 10.8. The fraction of sp³-hybridized carbons (Fsp3) is 0.241. The van der Waals surface area contributed by atoms with Crippen molar-refractivity contribution in [2.45, 2.75) is 19.4 Å². The zero-order valence-corrected chi connectivity index (χ0v) is 21.5. The van der Waals surface area contributed by atoms with Gasteiger partial charge in [-0.2, -0.15) is 10.4 Å². The van der Waals surface area contributed by atoms with E-state index in [1.165, 1.54) is 23.1 Å². The van der Waals surface area contributed by atoms with Gasteiger partial charge in [0.05, 0.1) is 29.4 Å². The number of amides is 1. The molecule has 38 heavy (non-hydrogen) atoms. The van der Waals surface area contributed by atoms with E-state index in [0.29, 0.717) is 29.2 Å². The number of benzene rings is 2. The van der Waals surface area contributed by atoms with Gasteiger partial charge >= 0.3 is 0 Å². The van der Waals surface area contributed by atoms with Crippen molar-refractivity contribution in [2.24, 2.45) is 0 Å². The maximum atomic E-state index is 12.5. The Bertz CT molecular complexity index is 1490. The summed E-state index contributed by atoms with van der Waals surface area (Å²) in [5, 5.41) is 16.4. The number of nitrogens with zero attached hydrogens (tertiary/aromatic N) is 6. The maximum Gasteiger partial charge on any atom is 0.267 e. The van der Waals surface area contributed by atoms with Crippen molar-refractivity contribution in [3.8, 4) is 28.7 Å². The fourth-order valence-electron chi connectivity index (χ4n) is 3.86. The first-order chi connectivity index (χ1) is 18.4. The fourth-order valence-corrected chi connectivity index (χ4v) is 3.86. The number of carbonyl (C=O) groups is 1. The van der Waals surface area contributed by atoms with Gasteiger partial charge in [0.2, 0.25) is 0 Å². The highest BCUT2D eigenvalue weighted by molar-refractivity contribution is 5.93. The quantitative estimate of drug-likeness (QED) is 0.327. The molecule has 0 saturated heterocycles. The molecule has 0 spiro atoms. The molecule has 0 aliphatic carbocycles. The molecule has 1 N–H and O–H groups in total. The number of aromatic nitrogens is 4. The van der Waals surface area contributed by atoms with E-state index in [9.17, 15) is 9.59 Å². The minimum absolute atomic E-state index is 0.192. The van der Waals surface area contributed by atoms with Crippen LogP contribution in [0.3, 0.4) is 0 Å². The summed E-state index contributed by atoms with van der Waals surface area (Å²) in [5.41, 5.74) is 3.84. The minimum Gasteiger partial charge on any atom is -0.352 e. The molecule has 1 amide bonds. The first-order valence-electron chi connectivity index (χ1n) is 12.4. The Morgan fingerprint density at radius 3 is 2.47 bits per heavy atom. The lowest BCUT2D eigenvalue weighted by molar-refractivity contribution is 0.0952. The van der Waals surface area contributed by atoms with Crippen molar-refractivity contribution < 1.29 is 4.79 Å². The summed E-state index contributed by atoms with van der Waals surface area (Å²) >= 11 is 0. The summed E-state index contributed by atoms with van der Waals surface area (Å²) in [5.74, 6) is 0.295. The van der Waals surface area contributed by atoms with Gasteiger partial charge in [0.1, 0.15) is 0 Å². The van der Waals surface area contributed by atoms with Gasteiger partial charge in [0, 0.05) is 36.1 Å². The van der Waals surface area contributed by atoms with E-state index < -0.39 is 0 Å². The van der Waals surface area contributed by atoms with E-state index in [1.807, 2.05) is 50.5 Å². The van der Waals surface area contributed by atoms with Crippen molar-refractivity contribution in [1.29, 1.82) is 5.26 Å². The van der Waals surface area contributed by atoms with Crippen LogP contribution in [-0.4, -0.2) is 57.7 Å². The molecule has 0 saturated carbocycles. The van der Waals surface area contributed by atoms with Crippen LogP contribution in [0.5, 0.6) is 0 Å². The topological polar surface area (TPSA) is 117 Å². The number of nitrogens with one attached hydrogen (secondary N) is 1. The molecule has 0 atom stereocenters. The molecule has 192 valence electrons. The van der Waals surface area contributed by atoms with E-state index in [0.717, 1.165) is 36.1 Å². The summed E-state index contributed by atoms with van der Waals surface area (Å²) in [6.45, 7) is 1.86. The molecule has 2 heterocycles.